The average molecular weight is 1010 g/mol. The minimum absolute atomic E-state index is 0.107. The fourth-order valence-corrected chi connectivity index (χ4v) is 8.40. The fraction of sp³-hybridized carbons (Fsp3) is 0.429. The van der Waals surface area contributed by atoms with Crippen LogP contribution in [0, 0.1) is 0 Å². The highest BCUT2D eigenvalue weighted by atomic mass is 79.9. The molecule has 2 nitrogen and oxygen atoms in total. The second-order valence-electron chi connectivity index (χ2n) is 5.08. The van der Waals surface area contributed by atoms with Crippen LogP contribution in [0.25, 0.3) is 0 Å². The number of allylic oxidation sites excluding steroid dienone is 8. The summed E-state index contributed by atoms with van der Waals surface area (Å²) in [5, 5.41) is 0. The molecule has 12 heteroatoms. The van der Waals surface area contributed by atoms with E-state index in [4.69, 9.17) is 9.47 Å². The molecule has 0 aromatic rings. The van der Waals surface area contributed by atoms with E-state index in [1.807, 2.05) is 12.2 Å². The molecule has 0 fully saturated rings. The van der Waals surface area contributed by atoms with Crippen LogP contribution in [0.15, 0.2) is 41.6 Å². The highest BCUT2D eigenvalue weighted by Crippen LogP contribution is 2.52. The standard InChI is InChI=1S/C14H8Br10O2/c15-5-3-7(17)13(21,22)11(19)9(5)25-1-2-26-10-6(16)4-8(18)14(23,24)12(10)20/h3-4,11-12H,1-2H2. The number of alkyl halides is 6. The van der Waals surface area contributed by atoms with Crippen molar-refractivity contribution in [2.75, 3.05) is 13.2 Å². The van der Waals surface area contributed by atoms with Gasteiger partial charge in [0.2, 0.25) is 0 Å². The van der Waals surface area contributed by atoms with Crippen molar-refractivity contribution in [3.05, 3.63) is 41.6 Å². The van der Waals surface area contributed by atoms with Crippen molar-refractivity contribution in [1.29, 1.82) is 0 Å². The zero-order chi connectivity index (χ0) is 19.9. The molecule has 2 atom stereocenters. The molecule has 0 N–H and O–H groups in total. The number of hydrogen-bond donors (Lipinski definition) is 0. The lowest BCUT2D eigenvalue weighted by Crippen LogP contribution is -2.32. The Hall–Kier alpha value is 3.36. The van der Waals surface area contributed by atoms with Crippen LogP contribution in [-0.4, -0.2) is 29.3 Å². The summed E-state index contributed by atoms with van der Waals surface area (Å²) in [6.45, 7) is 0.778. The minimum atomic E-state index is -0.466. The molecule has 0 aromatic carbocycles. The fourth-order valence-electron chi connectivity index (χ4n) is 1.96. The van der Waals surface area contributed by atoms with Crippen molar-refractivity contribution in [2.24, 2.45) is 0 Å². The highest BCUT2D eigenvalue weighted by Gasteiger charge is 2.43. The topological polar surface area (TPSA) is 18.5 Å². The predicted octanol–water partition coefficient (Wildman–Crippen LogP) is 9.32. The maximum Gasteiger partial charge on any atom is 0.131 e. The molecule has 0 heterocycles. The lowest BCUT2D eigenvalue weighted by atomic mass is 10.1. The van der Waals surface area contributed by atoms with E-state index in [1.165, 1.54) is 0 Å². The van der Waals surface area contributed by atoms with Crippen molar-refractivity contribution >= 4 is 159 Å². The smallest absolute Gasteiger partial charge is 0.131 e. The number of hydrogen-bond acceptors (Lipinski definition) is 2. The third kappa shape index (κ3) is 5.58. The number of rotatable bonds is 5. The van der Waals surface area contributed by atoms with Gasteiger partial charge >= 0.3 is 0 Å². The summed E-state index contributed by atoms with van der Waals surface area (Å²) in [7, 11) is 0. The maximum absolute atomic E-state index is 5.96. The molecule has 2 rings (SSSR count). The predicted molar refractivity (Wildman–Crippen MR) is 144 cm³/mol. The van der Waals surface area contributed by atoms with Gasteiger partial charge in [0, 0.05) is 8.96 Å². The van der Waals surface area contributed by atoms with Crippen LogP contribution in [0.4, 0.5) is 0 Å². The first-order valence-electron chi connectivity index (χ1n) is 6.74. The number of ether oxygens (including phenoxy) is 2. The molecule has 0 spiro atoms. The summed E-state index contributed by atoms with van der Waals surface area (Å²) >= 11 is 36.1. The van der Waals surface area contributed by atoms with Crippen LogP contribution in [0.3, 0.4) is 0 Å². The lowest BCUT2D eigenvalue weighted by Gasteiger charge is -2.33. The quantitative estimate of drug-likeness (QED) is 0.202. The van der Waals surface area contributed by atoms with Crippen molar-refractivity contribution in [2.45, 2.75) is 16.1 Å². The Morgan fingerprint density at radius 3 is 1.31 bits per heavy atom. The normalized spacial score (nSPS) is 27.9. The summed E-state index contributed by atoms with van der Waals surface area (Å²) in [4.78, 5) is -0.213. The van der Waals surface area contributed by atoms with Crippen molar-refractivity contribution in [3.8, 4) is 0 Å². The summed E-state index contributed by atoms with van der Waals surface area (Å²) in [5.41, 5.74) is 0. The van der Waals surface area contributed by atoms with Crippen LogP contribution in [0.5, 0.6) is 0 Å². The molecule has 2 aliphatic carbocycles. The molecule has 0 aromatic heterocycles. The van der Waals surface area contributed by atoms with E-state index in [0.29, 0.717) is 13.2 Å². The van der Waals surface area contributed by atoms with Gasteiger partial charge in [0.05, 0.1) is 8.96 Å². The van der Waals surface area contributed by atoms with Crippen LogP contribution >= 0.6 is 159 Å². The zero-order valence-electron chi connectivity index (χ0n) is 12.3. The molecular weight excluding hydrogens is 999 g/mol. The van der Waals surface area contributed by atoms with Crippen molar-refractivity contribution in [3.63, 3.8) is 0 Å². The molecular formula is C14H8Br10O2. The van der Waals surface area contributed by atoms with E-state index in [-0.39, 0.29) is 9.65 Å². The maximum atomic E-state index is 5.96. The van der Waals surface area contributed by atoms with Gasteiger partial charge in [-0.05, 0) is 44.0 Å². The molecule has 2 aliphatic rings. The molecule has 26 heavy (non-hydrogen) atoms. The van der Waals surface area contributed by atoms with Gasteiger partial charge in [-0.2, -0.15) is 0 Å². The van der Waals surface area contributed by atoms with Crippen molar-refractivity contribution < 1.29 is 9.47 Å². The average Bonchev–Trinajstić information content (AvgIpc) is 2.54. The van der Waals surface area contributed by atoms with Crippen LogP contribution in [-0.2, 0) is 9.47 Å². The Morgan fingerprint density at radius 2 is 1.00 bits per heavy atom. The highest BCUT2D eigenvalue weighted by molar-refractivity contribution is 9.28. The Kier molecular flexibility index (Phi) is 10.2. The van der Waals surface area contributed by atoms with Gasteiger partial charge in [0.25, 0.3) is 0 Å². The Morgan fingerprint density at radius 1 is 0.692 bits per heavy atom. The second kappa shape index (κ2) is 10.3. The first-order valence-corrected chi connectivity index (χ1v) is 14.9. The van der Waals surface area contributed by atoms with E-state index in [1.54, 1.807) is 0 Å². The Bertz CT molecular complexity index is 647. The van der Waals surface area contributed by atoms with Gasteiger partial charge in [-0.15, -0.1) is 0 Å². The van der Waals surface area contributed by atoms with Gasteiger partial charge in [-0.3, -0.25) is 0 Å². The third-order valence-electron chi connectivity index (χ3n) is 3.31. The largest absolute Gasteiger partial charge is 0.492 e. The summed E-state index contributed by atoms with van der Waals surface area (Å²) < 4.78 is 14.6. The zero-order valence-corrected chi connectivity index (χ0v) is 28.2. The molecule has 146 valence electrons. The van der Waals surface area contributed by atoms with Gasteiger partial charge in [0.1, 0.15) is 40.9 Å². The molecule has 2 unspecified atom stereocenters. The molecule has 0 saturated carbocycles. The molecule has 0 saturated heterocycles. The summed E-state index contributed by atoms with van der Waals surface area (Å²) in [6.07, 6.45) is 3.89. The molecule has 0 aliphatic heterocycles. The van der Waals surface area contributed by atoms with Crippen molar-refractivity contribution in [1.82, 2.24) is 0 Å². The SMILES string of the molecule is BrC1=CC(Br)=C(OCCOC2=C(Br)C=C(Br)C(Br)(Br)C2Br)C(Br)C1(Br)Br. The van der Waals surface area contributed by atoms with Gasteiger partial charge in [-0.1, -0.05) is 127 Å². The van der Waals surface area contributed by atoms with E-state index >= 15 is 0 Å². The Balaban J connectivity index is 2.01. The van der Waals surface area contributed by atoms with Crippen LogP contribution < -0.4 is 0 Å². The first kappa shape index (κ1) is 25.6. The molecule has 0 radical (unpaired) electrons. The van der Waals surface area contributed by atoms with E-state index in [9.17, 15) is 0 Å². The first-order chi connectivity index (χ1) is 11.9. The monoisotopic (exact) mass is 997 g/mol. The summed E-state index contributed by atoms with van der Waals surface area (Å²) in [5.74, 6) is 1.55. The van der Waals surface area contributed by atoms with Gasteiger partial charge in [0.15, 0.2) is 0 Å². The van der Waals surface area contributed by atoms with Crippen LogP contribution in [0.1, 0.15) is 0 Å². The van der Waals surface area contributed by atoms with Gasteiger partial charge < -0.3 is 9.47 Å². The summed E-state index contributed by atoms with van der Waals surface area (Å²) in [6, 6.07) is 0. The third-order valence-corrected chi connectivity index (χ3v) is 16.6. The second-order valence-corrected chi connectivity index (χ2v) is 17.5. The minimum Gasteiger partial charge on any atom is -0.492 e. The van der Waals surface area contributed by atoms with E-state index in [0.717, 1.165) is 29.4 Å². The van der Waals surface area contributed by atoms with Gasteiger partial charge in [-0.25, -0.2) is 0 Å². The molecule has 0 bridgehead atoms. The van der Waals surface area contributed by atoms with E-state index in [2.05, 4.69) is 159 Å². The lowest BCUT2D eigenvalue weighted by molar-refractivity contribution is 0.111. The van der Waals surface area contributed by atoms with E-state index < -0.39 is 6.47 Å². The van der Waals surface area contributed by atoms with Crippen LogP contribution in [0.2, 0.25) is 0 Å². The Labute approximate surface area is 236 Å². The molecule has 0 amide bonds. The number of halogens is 10.